The molecule has 10 nitrogen and oxygen atoms in total. The molecule has 2 aromatic carbocycles. The van der Waals surface area contributed by atoms with Gasteiger partial charge in [0.1, 0.15) is 0 Å². The molecule has 1 aromatic heterocycles. The van der Waals surface area contributed by atoms with Gasteiger partial charge in [-0.25, -0.2) is 17.9 Å². The first kappa shape index (κ1) is 20.0. The normalized spacial score (nSPS) is 11.1. The number of carbonyl (C=O) groups excluding carboxylic acids is 1. The van der Waals surface area contributed by atoms with Crippen molar-refractivity contribution in [3.63, 3.8) is 0 Å². The topological polar surface area (TPSA) is 133 Å². The van der Waals surface area contributed by atoms with E-state index in [1.54, 1.807) is 25.3 Å². The highest BCUT2D eigenvalue weighted by Crippen LogP contribution is 2.20. The Kier molecular flexibility index (Phi) is 5.59. The van der Waals surface area contributed by atoms with E-state index >= 15 is 0 Å². The van der Waals surface area contributed by atoms with Crippen molar-refractivity contribution in [3.05, 3.63) is 76.6 Å². The van der Waals surface area contributed by atoms with Crippen LogP contribution >= 0.6 is 0 Å². The number of nitro groups is 1. The number of benzene rings is 2. The molecule has 150 valence electrons. The molecular formula is C18H16N4O6S. The number of esters is 1. The highest BCUT2D eigenvalue weighted by atomic mass is 32.2. The predicted octanol–water partition coefficient (Wildman–Crippen LogP) is 2.76. The number of sulfonamides is 1. The van der Waals surface area contributed by atoms with Crippen LogP contribution in [0.3, 0.4) is 0 Å². The molecule has 0 atom stereocenters. The third-order valence-electron chi connectivity index (χ3n) is 3.82. The average molecular weight is 416 g/mol. The molecule has 0 radical (unpaired) electrons. The Bertz CT molecular complexity index is 1140. The minimum Gasteiger partial charge on any atom is -0.461 e. The van der Waals surface area contributed by atoms with E-state index in [-0.39, 0.29) is 22.9 Å². The summed E-state index contributed by atoms with van der Waals surface area (Å²) in [7, 11) is -3.90. The molecule has 0 aliphatic carbocycles. The first-order chi connectivity index (χ1) is 13.8. The molecule has 0 aliphatic heterocycles. The number of aromatic nitrogens is 2. The first-order valence-electron chi connectivity index (χ1n) is 8.40. The van der Waals surface area contributed by atoms with Gasteiger partial charge in [-0.2, -0.15) is 5.10 Å². The summed E-state index contributed by atoms with van der Waals surface area (Å²) in [5, 5.41) is 14.8. The zero-order chi connectivity index (χ0) is 21.0. The molecule has 0 saturated carbocycles. The maximum atomic E-state index is 12.4. The highest BCUT2D eigenvalue weighted by molar-refractivity contribution is 7.92. The van der Waals surface area contributed by atoms with Crippen molar-refractivity contribution in [3.8, 4) is 5.69 Å². The quantitative estimate of drug-likeness (QED) is 0.355. The van der Waals surface area contributed by atoms with Crippen LogP contribution in [0, 0.1) is 10.1 Å². The van der Waals surface area contributed by atoms with Gasteiger partial charge in [0, 0.05) is 24.0 Å². The Balaban J connectivity index is 1.75. The van der Waals surface area contributed by atoms with E-state index in [4.69, 9.17) is 4.74 Å². The fraction of sp³-hybridized carbons (Fsp3) is 0.111. The van der Waals surface area contributed by atoms with E-state index in [1.165, 1.54) is 22.9 Å². The van der Waals surface area contributed by atoms with Crippen LogP contribution in [0.5, 0.6) is 0 Å². The van der Waals surface area contributed by atoms with Crippen LogP contribution < -0.4 is 4.72 Å². The Morgan fingerprint density at radius 3 is 2.38 bits per heavy atom. The van der Waals surface area contributed by atoms with E-state index < -0.39 is 20.9 Å². The maximum absolute atomic E-state index is 12.4. The average Bonchev–Trinajstić information content (AvgIpc) is 3.19. The Hall–Kier alpha value is -3.73. The molecule has 0 bridgehead atoms. The molecule has 0 spiro atoms. The third-order valence-corrected chi connectivity index (χ3v) is 5.21. The van der Waals surface area contributed by atoms with Gasteiger partial charge in [-0.15, -0.1) is 0 Å². The van der Waals surface area contributed by atoms with Crippen molar-refractivity contribution in [1.29, 1.82) is 0 Å². The molecule has 0 aliphatic rings. The Morgan fingerprint density at radius 1 is 1.14 bits per heavy atom. The number of hydrogen-bond donors (Lipinski definition) is 1. The summed E-state index contributed by atoms with van der Waals surface area (Å²) >= 11 is 0. The van der Waals surface area contributed by atoms with Crippen LogP contribution in [0.4, 0.5) is 11.4 Å². The van der Waals surface area contributed by atoms with Crippen molar-refractivity contribution in [2.75, 3.05) is 11.3 Å². The molecule has 0 fully saturated rings. The molecule has 3 aromatic rings. The van der Waals surface area contributed by atoms with Gasteiger partial charge < -0.3 is 4.74 Å². The van der Waals surface area contributed by atoms with Crippen LogP contribution in [-0.2, 0) is 14.8 Å². The maximum Gasteiger partial charge on any atom is 0.358 e. The van der Waals surface area contributed by atoms with Crippen molar-refractivity contribution in [2.45, 2.75) is 11.8 Å². The lowest BCUT2D eigenvalue weighted by molar-refractivity contribution is -0.384. The molecule has 1 N–H and O–H groups in total. The molecule has 11 heteroatoms. The standard InChI is InChI=1S/C18H16N4O6S/c1-2-28-18(23)17-11-12-21(19-17)14-5-3-13(4-6-14)20-29(26,27)16-9-7-15(8-10-16)22(24)25/h3-12,20H,2H2,1H3. The minimum atomic E-state index is -3.90. The lowest BCUT2D eigenvalue weighted by Crippen LogP contribution is -2.13. The van der Waals surface area contributed by atoms with E-state index in [0.29, 0.717) is 11.4 Å². The number of nitrogens with one attached hydrogen (secondary N) is 1. The van der Waals surface area contributed by atoms with Gasteiger partial charge in [0.25, 0.3) is 15.7 Å². The third kappa shape index (κ3) is 4.58. The van der Waals surface area contributed by atoms with Crippen LogP contribution in [0.25, 0.3) is 5.69 Å². The zero-order valence-corrected chi connectivity index (χ0v) is 16.0. The van der Waals surface area contributed by atoms with E-state index in [2.05, 4.69) is 9.82 Å². The highest BCUT2D eigenvalue weighted by Gasteiger charge is 2.16. The summed E-state index contributed by atoms with van der Waals surface area (Å²) in [4.78, 5) is 21.7. The van der Waals surface area contributed by atoms with Gasteiger partial charge in [0.15, 0.2) is 5.69 Å². The number of anilines is 1. The molecule has 29 heavy (non-hydrogen) atoms. The molecular weight excluding hydrogens is 400 g/mol. The predicted molar refractivity (Wildman–Crippen MR) is 103 cm³/mol. The minimum absolute atomic E-state index is 0.0988. The van der Waals surface area contributed by atoms with Gasteiger partial charge >= 0.3 is 5.97 Å². The second kappa shape index (κ2) is 8.10. The fourth-order valence-electron chi connectivity index (χ4n) is 2.42. The van der Waals surface area contributed by atoms with Crippen molar-refractivity contribution in [1.82, 2.24) is 9.78 Å². The number of nitrogens with zero attached hydrogens (tertiary/aromatic N) is 3. The summed E-state index contributed by atoms with van der Waals surface area (Å²) in [6, 6.07) is 12.4. The van der Waals surface area contributed by atoms with Crippen LogP contribution in [0.15, 0.2) is 65.7 Å². The Labute approximate surface area is 165 Å². The first-order valence-corrected chi connectivity index (χ1v) is 9.89. The van der Waals surface area contributed by atoms with E-state index in [1.807, 2.05) is 0 Å². The van der Waals surface area contributed by atoms with Gasteiger partial charge in [0.2, 0.25) is 0 Å². The summed E-state index contributed by atoms with van der Waals surface area (Å²) in [6.07, 6.45) is 1.59. The van der Waals surface area contributed by atoms with Gasteiger partial charge in [-0.3, -0.25) is 14.8 Å². The smallest absolute Gasteiger partial charge is 0.358 e. The number of ether oxygens (including phenoxy) is 1. The lowest BCUT2D eigenvalue weighted by Gasteiger charge is -2.09. The summed E-state index contributed by atoms with van der Waals surface area (Å²) in [5.41, 5.74) is 0.869. The second-order valence-electron chi connectivity index (χ2n) is 5.77. The summed E-state index contributed by atoms with van der Waals surface area (Å²) in [5.74, 6) is -0.529. The van der Waals surface area contributed by atoms with Gasteiger partial charge in [0.05, 0.1) is 22.1 Å². The molecule has 0 amide bonds. The fourth-order valence-corrected chi connectivity index (χ4v) is 3.48. The van der Waals surface area contributed by atoms with Crippen molar-refractivity contribution < 1.29 is 22.9 Å². The number of nitro benzene ring substituents is 1. The van der Waals surface area contributed by atoms with Crippen molar-refractivity contribution in [2.24, 2.45) is 0 Å². The van der Waals surface area contributed by atoms with E-state index in [9.17, 15) is 23.3 Å². The number of rotatable bonds is 7. The van der Waals surface area contributed by atoms with Crippen LogP contribution in [-0.4, -0.2) is 35.7 Å². The molecule has 3 rings (SSSR count). The Morgan fingerprint density at radius 2 is 1.79 bits per heavy atom. The number of non-ortho nitro benzene ring substituents is 1. The summed E-state index contributed by atoms with van der Waals surface area (Å²) < 4.78 is 33.6. The van der Waals surface area contributed by atoms with Gasteiger partial charge in [-0.1, -0.05) is 0 Å². The molecule has 0 saturated heterocycles. The van der Waals surface area contributed by atoms with Crippen LogP contribution in [0.1, 0.15) is 17.4 Å². The lowest BCUT2D eigenvalue weighted by atomic mass is 10.3. The largest absolute Gasteiger partial charge is 0.461 e. The zero-order valence-electron chi connectivity index (χ0n) is 15.2. The number of carbonyl (C=O) groups is 1. The SMILES string of the molecule is CCOC(=O)c1ccn(-c2ccc(NS(=O)(=O)c3ccc([N+](=O)[O-])cc3)cc2)n1. The molecule has 0 unspecified atom stereocenters. The van der Waals surface area contributed by atoms with Crippen LogP contribution in [0.2, 0.25) is 0 Å². The monoisotopic (exact) mass is 416 g/mol. The molecule has 1 heterocycles. The summed E-state index contributed by atoms with van der Waals surface area (Å²) in [6.45, 7) is 1.95. The second-order valence-corrected chi connectivity index (χ2v) is 7.45. The van der Waals surface area contributed by atoms with E-state index in [0.717, 1.165) is 24.3 Å². The van der Waals surface area contributed by atoms with Crippen molar-refractivity contribution >= 4 is 27.4 Å². The number of hydrogen-bond acceptors (Lipinski definition) is 7. The van der Waals surface area contributed by atoms with Gasteiger partial charge in [-0.05, 0) is 49.4 Å².